The highest BCUT2D eigenvalue weighted by molar-refractivity contribution is 9.10. The molecule has 4 aromatic rings. The second kappa shape index (κ2) is 14.5. The monoisotopic (exact) mass is 758 g/mol. The molecular weight excluding hydrogens is 708 g/mol. The van der Waals surface area contributed by atoms with Gasteiger partial charge in [-0.15, -0.1) is 0 Å². The van der Waals surface area contributed by atoms with E-state index in [4.69, 9.17) is 15.5 Å². The summed E-state index contributed by atoms with van der Waals surface area (Å²) in [6.07, 6.45) is 17.8. The van der Waals surface area contributed by atoms with Gasteiger partial charge in [0, 0.05) is 92.0 Å². The molecule has 3 aliphatic rings. The van der Waals surface area contributed by atoms with E-state index >= 15 is 0 Å². The Kier molecular flexibility index (Phi) is 10.1. The molecule has 0 radical (unpaired) electrons. The van der Waals surface area contributed by atoms with E-state index in [0.717, 1.165) is 107 Å². The minimum Gasteiger partial charge on any atom is -0.354 e. The number of halogens is 1. The number of nitrogens with one attached hydrogen (secondary N) is 6. The zero-order chi connectivity index (χ0) is 35.9. The lowest BCUT2D eigenvalue weighted by Gasteiger charge is -2.37. The van der Waals surface area contributed by atoms with Crippen molar-refractivity contribution < 1.29 is 0 Å². The quantitative estimate of drug-likeness (QED) is 0.0882. The number of anilines is 1. The van der Waals surface area contributed by atoms with E-state index < -0.39 is 0 Å². The molecule has 1 aliphatic carbocycles. The molecule has 1 fully saturated rings. The van der Waals surface area contributed by atoms with Gasteiger partial charge in [-0.1, -0.05) is 27.2 Å². The first kappa shape index (κ1) is 35.4. The van der Waals surface area contributed by atoms with E-state index in [1.807, 2.05) is 65.4 Å². The van der Waals surface area contributed by atoms with Crippen molar-refractivity contribution in [1.82, 2.24) is 60.5 Å². The number of rotatable bonds is 12. The summed E-state index contributed by atoms with van der Waals surface area (Å²) in [7, 11) is 3.85. The molecule has 272 valence electrons. The largest absolute Gasteiger partial charge is 0.354 e. The van der Waals surface area contributed by atoms with Crippen molar-refractivity contribution in [3.8, 4) is 11.1 Å². The van der Waals surface area contributed by atoms with Crippen LogP contribution in [0.4, 0.5) is 5.82 Å². The number of hydrazine groups is 1. The predicted octanol–water partition coefficient (Wildman–Crippen LogP) is 4.75. The molecule has 0 saturated heterocycles. The summed E-state index contributed by atoms with van der Waals surface area (Å²) in [5.74, 6) is 2.59. The van der Waals surface area contributed by atoms with Crippen LogP contribution in [-0.2, 0) is 20.5 Å². The van der Waals surface area contributed by atoms with Crippen molar-refractivity contribution in [3.63, 3.8) is 0 Å². The minimum atomic E-state index is -0.0412. The molecule has 1 saturated carbocycles. The van der Waals surface area contributed by atoms with Gasteiger partial charge in [-0.25, -0.2) is 15.4 Å². The van der Waals surface area contributed by atoms with E-state index in [-0.39, 0.29) is 6.17 Å². The molecule has 0 amide bonds. The van der Waals surface area contributed by atoms with Crippen molar-refractivity contribution in [1.29, 1.82) is 5.41 Å². The average Bonchev–Trinajstić information content (AvgIpc) is 3.89. The molecule has 1 unspecified atom stereocenters. The van der Waals surface area contributed by atoms with Crippen LogP contribution in [0.3, 0.4) is 0 Å². The topological polar surface area (TPSA) is 153 Å². The van der Waals surface area contributed by atoms with Gasteiger partial charge in [-0.2, -0.15) is 19.8 Å². The third kappa shape index (κ3) is 7.76. The van der Waals surface area contributed by atoms with E-state index in [9.17, 15) is 0 Å². The highest BCUT2D eigenvalue weighted by Crippen LogP contribution is 2.35. The van der Waals surface area contributed by atoms with Crippen LogP contribution in [0, 0.1) is 16.7 Å². The summed E-state index contributed by atoms with van der Waals surface area (Å²) in [6.45, 7) is 11.4. The fourth-order valence-corrected chi connectivity index (χ4v) is 7.88. The number of hydrogen-bond acceptors (Lipinski definition) is 10. The van der Waals surface area contributed by atoms with E-state index in [0.29, 0.717) is 29.8 Å². The fourth-order valence-electron chi connectivity index (χ4n) is 7.31. The normalized spacial score (nSPS) is 20.2. The maximum atomic E-state index is 8.80. The summed E-state index contributed by atoms with van der Waals surface area (Å²) < 4.78 is 6.45. The van der Waals surface area contributed by atoms with Crippen LogP contribution in [0.1, 0.15) is 71.1 Å². The van der Waals surface area contributed by atoms with E-state index in [2.05, 4.69) is 80.5 Å². The molecule has 0 spiro atoms. The van der Waals surface area contributed by atoms with Crippen LogP contribution in [0.15, 0.2) is 53.1 Å². The smallest absolute Gasteiger partial charge is 0.165 e. The highest BCUT2D eigenvalue weighted by atomic mass is 79.9. The minimum absolute atomic E-state index is 0.0412. The van der Waals surface area contributed by atoms with Gasteiger partial charge in [0.15, 0.2) is 5.65 Å². The molecule has 0 bridgehead atoms. The summed E-state index contributed by atoms with van der Waals surface area (Å²) in [5, 5.41) is 39.2. The third-order valence-electron chi connectivity index (χ3n) is 9.99. The maximum Gasteiger partial charge on any atom is 0.165 e. The van der Waals surface area contributed by atoms with Crippen LogP contribution in [0.2, 0.25) is 0 Å². The molecular formula is C36H51BrN14. The molecule has 7 rings (SSSR count). The van der Waals surface area contributed by atoms with Gasteiger partial charge in [-0.05, 0) is 60.5 Å². The first-order valence-corrected chi connectivity index (χ1v) is 18.8. The standard InChI is InChI=1S/C36H51BrN14/c1-22(44-26-9-7-8-23(14-26)30-15-31(38)50-33(47-30)27(18-42-50)24-16-40-48(5)20-24)45-35-32(37)29(10-12-39-13-11-36(2,3)4)46-34-28(19-43-51(34)35)25-17-41-49(6)21-25/h15-17,19-23,26,38-39,42,44-45,47H,7-14,18H2,1-6H3/t22?,23-,26+/m0/s1. The van der Waals surface area contributed by atoms with Crippen molar-refractivity contribution in [2.45, 2.75) is 78.4 Å². The molecule has 15 heteroatoms. The van der Waals surface area contributed by atoms with Gasteiger partial charge in [0.25, 0.3) is 0 Å². The molecule has 2 aliphatic heterocycles. The summed E-state index contributed by atoms with van der Waals surface area (Å²) >= 11 is 3.93. The van der Waals surface area contributed by atoms with Crippen LogP contribution in [0.5, 0.6) is 0 Å². The van der Waals surface area contributed by atoms with E-state index in [1.54, 1.807) is 4.68 Å². The van der Waals surface area contributed by atoms with Gasteiger partial charge >= 0.3 is 0 Å². The molecule has 4 aromatic heterocycles. The number of allylic oxidation sites excluding steroid dienone is 1. The van der Waals surface area contributed by atoms with Gasteiger partial charge < -0.3 is 16.0 Å². The molecule has 6 heterocycles. The van der Waals surface area contributed by atoms with Crippen LogP contribution >= 0.6 is 15.9 Å². The number of nitrogens with zero attached hydrogens (tertiary/aromatic N) is 8. The summed E-state index contributed by atoms with van der Waals surface area (Å²) in [5.41, 5.74) is 10.7. The molecule has 51 heavy (non-hydrogen) atoms. The Labute approximate surface area is 308 Å². The highest BCUT2D eigenvalue weighted by Gasteiger charge is 2.34. The Morgan fingerprint density at radius 1 is 1.04 bits per heavy atom. The summed E-state index contributed by atoms with van der Waals surface area (Å²) in [4.78, 5) is 5.14. The van der Waals surface area contributed by atoms with Gasteiger partial charge in [0.2, 0.25) is 0 Å². The van der Waals surface area contributed by atoms with Crippen LogP contribution in [0.25, 0.3) is 22.3 Å². The first-order chi connectivity index (χ1) is 24.4. The number of hydrogen-bond donors (Lipinski definition) is 6. The Bertz CT molecular complexity index is 1960. The zero-order valence-corrected chi connectivity index (χ0v) is 32.1. The summed E-state index contributed by atoms with van der Waals surface area (Å²) in [6, 6.07) is 0.306. The number of aryl methyl sites for hydroxylation is 2. The lowest BCUT2D eigenvalue weighted by Crippen LogP contribution is -2.47. The number of aromatic nitrogens is 7. The Hall–Kier alpha value is -4.05. The third-order valence-corrected chi connectivity index (χ3v) is 10.8. The predicted molar refractivity (Wildman–Crippen MR) is 204 cm³/mol. The van der Waals surface area contributed by atoms with Crippen molar-refractivity contribution in [3.05, 3.63) is 64.3 Å². The molecule has 14 nitrogen and oxygen atoms in total. The van der Waals surface area contributed by atoms with Gasteiger partial charge in [-0.3, -0.25) is 20.1 Å². The maximum absolute atomic E-state index is 8.80. The van der Waals surface area contributed by atoms with Crippen molar-refractivity contribution >= 4 is 38.8 Å². The molecule has 0 aromatic carbocycles. The fraction of sp³-hybridized carbons (Fsp3) is 0.528. The first-order valence-electron chi connectivity index (χ1n) is 18.0. The molecule has 3 atom stereocenters. The van der Waals surface area contributed by atoms with Crippen molar-refractivity contribution in [2.75, 3.05) is 25.0 Å². The van der Waals surface area contributed by atoms with Gasteiger partial charge in [0.05, 0.1) is 34.9 Å². The zero-order valence-electron chi connectivity index (χ0n) is 30.5. The number of amidine groups is 1. The lowest BCUT2D eigenvalue weighted by molar-refractivity contribution is 0.289. The van der Waals surface area contributed by atoms with Crippen LogP contribution in [-0.4, -0.2) is 76.8 Å². The second-order valence-electron chi connectivity index (χ2n) is 15.3. The Morgan fingerprint density at radius 2 is 1.80 bits per heavy atom. The number of fused-ring (bicyclic) bond motifs is 2. The molecule has 6 N–H and O–H groups in total. The average molecular weight is 760 g/mol. The van der Waals surface area contributed by atoms with E-state index in [1.165, 1.54) is 0 Å². The Balaban J connectivity index is 1.07. The SMILES string of the molecule is CC(Nc1c(Br)c(CCNCCC(C)(C)C)nc2c(-c3cnn(C)c3)cnn12)N[C@@H]1CCC[C@H](C2=CC(=N)N3NCC(c4cnn(C)c4)=C3N2)C1. The lowest BCUT2D eigenvalue weighted by atomic mass is 9.83. The Morgan fingerprint density at radius 3 is 2.53 bits per heavy atom. The van der Waals surface area contributed by atoms with Crippen LogP contribution < -0.4 is 26.7 Å². The second-order valence-corrected chi connectivity index (χ2v) is 16.1. The van der Waals surface area contributed by atoms with Gasteiger partial charge in [0.1, 0.15) is 17.5 Å². The van der Waals surface area contributed by atoms with Crippen molar-refractivity contribution in [2.24, 2.45) is 25.4 Å².